The van der Waals surface area contributed by atoms with Crippen LogP contribution >= 0.6 is 11.8 Å². The Kier molecular flexibility index (Phi) is 2.70. The van der Waals surface area contributed by atoms with Gasteiger partial charge in [-0.1, -0.05) is 18.2 Å². The summed E-state index contributed by atoms with van der Waals surface area (Å²) in [5.74, 6) is -1.06. The number of aromatic carboxylic acids is 1. The highest BCUT2D eigenvalue weighted by Gasteiger charge is 2.18. The second-order valence-corrected chi connectivity index (χ2v) is 4.46. The van der Waals surface area contributed by atoms with Crippen LogP contribution in [0.5, 0.6) is 0 Å². The number of H-pyrrole nitrogens is 1. The number of hydrogen-bond donors (Lipinski definition) is 2. The molecule has 0 saturated carbocycles. The van der Waals surface area contributed by atoms with Gasteiger partial charge in [-0.25, -0.2) is 4.79 Å². The van der Waals surface area contributed by atoms with Crippen LogP contribution in [0.2, 0.25) is 0 Å². The molecule has 0 radical (unpaired) electrons. The summed E-state index contributed by atoms with van der Waals surface area (Å²) in [6, 6.07) is 7.20. The van der Waals surface area contributed by atoms with Crippen molar-refractivity contribution in [3.05, 3.63) is 30.0 Å². The van der Waals surface area contributed by atoms with Gasteiger partial charge in [0.05, 0.1) is 4.90 Å². The first-order valence-electron chi connectivity index (χ1n) is 4.62. The molecule has 0 atom stereocenters. The van der Waals surface area contributed by atoms with Crippen LogP contribution in [-0.4, -0.2) is 21.2 Å². The number of carbonyl (C=O) groups is 2. The van der Waals surface area contributed by atoms with E-state index >= 15 is 0 Å². The van der Waals surface area contributed by atoms with Crippen LogP contribution in [0, 0.1) is 0 Å². The third kappa shape index (κ3) is 1.81. The van der Waals surface area contributed by atoms with Crippen LogP contribution in [0.3, 0.4) is 0 Å². The average Bonchev–Trinajstić information content (AvgIpc) is 2.57. The van der Waals surface area contributed by atoms with Crippen molar-refractivity contribution in [2.45, 2.75) is 11.8 Å². The van der Waals surface area contributed by atoms with Crippen molar-refractivity contribution in [1.29, 1.82) is 0 Å². The fraction of sp³-hybridized carbons (Fsp3) is 0.0909. The zero-order valence-corrected chi connectivity index (χ0v) is 9.30. The summed E-state index contributed by atoms with van der Waals surface area (Å²) < 4.78 is 0. The summed E-state index contributed by atoms with van der Waals surface area (Å²) in [4.78, 5) is 25.4. The van der Waals surface area contributed by atoms with Crippen LogP contribution in [-0.2, 0) is 4.79 Å². The number of rotatable bonds is 2. The number of thioether (sulfide) groups is 1. The molecule has 0 aliphatic carbocycles. The zero-order valence-electron chi connectivity index (χ0n) is 8.48. The summed E-state index contributed by atoms with van der Waals surface area (Å²) >= 11 is 0.939. The van der Waals surface area contributed by atoms with E-state index in [2.05, 4.69) is 4.98 Å². The van der Waals surface area contributed by atoms with E-state index in [0.29, 0.717) is 4.90 Å². The lowest BCUT2D eigenvalue weighted by Crippen LogP contribution is -1.98. The van der Waals surface area contributed by atoms with Crippen molar-refractivity contribution in [3.63, 3.8) is 0 Å². The zero-order chi connectivity index (χ0) is 11.7. The number of nitrogens with one attached hydrogen (secondary N) is 1. The van der Waals surface area contributed by atoms with Crippen molar-refractivity contribution in [1.82, 2.24) is 4.98 Å². The van der Waals surface area contributed by atoms with E-state index in [1.165, 1.54) is 6.92 Å². The predicted octanol–water partition coefficient (Wildman–Crippen LogP) is 2.50. The van der Waals surface area contributed by atoms with Gasteiger partial charge in [-0.05, 0) is 17.8 Å². The summed E-state index contributed by atoms with van der Waals surface area (Å²) in [6.07, 6.45) is 0. The SMILES string of the molecule is CC(=O)Sc1c(C(=O)O)[nH]c2ccccc12. The van der Waals surface area contributed by atoms with Crippen LogP contribution < -0.4 is 0 Å². The molecule has 0 unspecified atom stereocenters. The molecule has 0 bridgehead atoms. The van der Waals surface area contributed by atoms with E-state index in [0.717, 1.165) is 22.7 Å². The van der Waals surface area contributed by atoms with E-state index in [-0.39, 0.29) is 10.8 Å². The fourth-order valence-corrected chi connectivity index (χ4v) is 2.33. The number of carbonyl (C=O) groups excluding carboxylic acids is 1. The minimum atomic E-state index is -1.06. The molecule has 0 saturated heterocycles. The number of para-hydroxylation sites is 1. The Morgan fingerprint density at radius 1 is 1.31 bits per heavy atom. The van der Waals surface area contributed by atoms with E-state index in [1.54, 1.807) is 12.1 Å². The van der Waals surface area contributed by atoms with E-state index < -0.39 is 5.97 Å². The van der Waals surface area contributed by atoms with Crippen molar-refractivity contribution in [2.24, 2.45) is 0 Å². The fourth-order valence-electron chi connectivity index (χ4n) is 1.52. The maximum atomic E-state index is 11.1. The number of fused-ring (bicyclic) bond motifs is 1. The van der Waals surface area contributed by atoms with E-state index in [4.69, 9.17) is 5.11 Å². The first-order chi connectivity index (χ1) is 7.59. The molecule has 0 fully saturated rings. The Hall–Kier alpha value is -1.75. The van der Waals surface area contributed by atoms with Gasteiger partial charge in [0.2, 0.25) is 0 Å². The lowest BCUT2D eigenvalue weighted by Gasteiger charge is -1.96. The molecular weight excluding hydrogens is 226 g/mol. The molecule has 0 aliphatic rings. The van der Waals surface area contributed by atoms with Crippen LogP contribution in [0.1, 0.15) is 17.4 Å². The molecule has 0 aliphatic heterocycles. The first kappa shape index (κ1) is 10.8. The molecule has 1 aromatic carbocycles. The average molecular weight is 235 g/mol. The molecule has 2 aromatic rings. The number of carboxylic acids is 1. The van der Waals surface area contributed by atoms with Gasteiger partial charge in [0, 0.05) is 17.8 Å². The Bertz CT molecular complexity index is 574. The number of benzene rings is 1. The summed E-state index contributed by atoms with van der Waals surface area (Å²) in [5, 5.41) is 9.66. The summed E-state index contributed by atoms with van der Waals surface area (Å²) in [6.45, 7) is 1.41. The molecule has 4 nitrogen and oxygen atoms in total. The van der Waals surface area contributed by atoms with Crippen molar-refractivity contribution >= 4 is 33.7 Å². The molecule has 0 spiro atoms. The molecule has 0 amide bonds. The monoisotopic (exact) mass is 235 g/mol. The van der Waals surface area contributed by atoms with Crippen molar-refractivity contribution < 1.29 is 14.7 Å². The van der Waals surface area contributed by atoms with Crippen LogP contribution in [0.25, 0.3) is 10.9 Å². The van der Waals surface area contributed by atoms with Gasteiger partial charge >= 0.3 is 5.97 Å². The smallest absolute Gasteiger partial charge is 0.353 e. The summed E-state index contributed by atoms with van der Waals surface area (Å²) in [7, 11) is 0. The first-order valence-corrected chi connectivity index (χ1v) is 5.43. The maximum Gasteiger partial charge on any atom is 0.353 e. The van der Waals surface area contributed by atoms with Gasteiger partial charge in [0.25, 0.3) is 0 Å². The molecule has 1 aromatic heterocycles. The lowest BCUT2D eigenvalue weighted by atomic mass is 10.2. The largest absolute Gasteiger partial charge is 0.477 e. The predicted molar refractivity (Wildman–Crippen MR) is 61.8 cm³/mol. The highest BCUT2D eigenvalue weighted by atomic mass is 32.2. The van der Waals surface area contributed by atoms with E-state index in [9.17, 15) is 9.59 Å². The highest BCUT2D eigenvalue weighted by Crippen LogP contribution is 2.32. The Morgan fingerprint density at radius 2 is 2.00 bits per heavy atom. The number of hydrogen-bond acceptors (Lipinski definition) is 3. The quantitative estimate of drug-likeness (QED) is 0.784. The van der Waals surface area contributed by atoms with Gasteiger partial charge < -0.3 is 10.1 Å². The van der Waals surface area contributed by atoms with Gasteiger partial charge in [-0.2, -0.15) is 0 Å². The van der Waals surface area contributed by atoms with Gasteiger partial charge in [0.15, 0.2) is 5.12 Å². The molecule has 2 rings (SSSR count). The van der Waals surface area contributed by atoms with Crippen molar-refractivity contribution in [2.75, 3.05) is 0 Å². The van der Waals surface area contributed by atoms with Crippen LogP contribution in [0.4, 0.5) is 0 Å². The Morgan fingerprint density at radius 3 is 2.62 bits per heavy atom. The van der Waals surface area contributed by atoms with Crippen LogP contribution in [0.15, 0.2) is 29.2 Å². The number of carboxylic acid groups (broad SMARTS) is 1. The molecule has 2 N–H and O–H groups in total. The Labute approximate surface area is 95.7 Å². The standard InChI is InChI=1S/C11H9NO3S/c1-6(13)16-10-7-4-2-3-5-8(7)12-9(10)11(14)15/h2-5,12H,1H3,(H,14,15). The van der Waals surface area contributed by atoms with Crippen molar-refractivity contribution in [3.8, 4) is 0 Å². The topological polar surface area (TPSA) is 70.2 Å². The minimum absolute atomic E-state index is 0.0707. The lowest BCUT2D eigenvalue weighted by molar-refractivity contribution is -0.109. The third-order valence-electron chi connectivity index (χ3n) is 2.12. The normalized spacial score (nSPS) is 10.6. The summed E-state index contributed by atoms with van der Waals surface area (Å²) in [5.41, 5.74) is 0.796. The molecule has 1 heterocycles. The number of aromatic amines is 1. The van der Waals surface area contributed by atoms with Gasteiger partial charge in [-0.3, -0.25) is 4.79 Å². The molecule has 16 heavy (non-hydrogen) atoms. The second-order valence-electron chi connectivity index (χ2n) is 3.27. The highest BCUT2D eigenvalue weighted by molar-refractivity contribution is 8.13. The second kappa shape index (κ2) is 4.02. The number of aromatic nitrogens is 1. The molecule has 82 valence electrons. The Balaban J connectivity index is 2.69. The minimum Gasteiger partial charge on any atom is -0.477 e. The molecular formula is C11H9NO3S. The molecule has 5 heteroatoms. The van der Waals surface area contributed by atoms with E-state index in [1.807, 2.05) is 12.1 Å². The maximum absolute atomic E-state index is 11.1. The third-order valence-corrected chi connectivity index (χ3v) is 3.03. The van der Waals surface area contributed by atoms with Gasteiger partial charge in [0.1, 0.15) is 5.69 Å². The van der Waals surface area contributed by atoms with Gasteiger partial charge in [-0.15, -0.1) is 0 Å².